The Labute approximate surface area is 226 Å². The monoisotopic (exact) mass is 540 g/mol. The van der Waals surface area contributed by atoms with Gasteiger partial charge in [-0.05, 0) is 35.2 Å². The van der Waals surface area contributed by atoms with Gasteiger partial charge in [0, 0.05) is 23.7 Å². The number of carbonyl (C=O) groups excluding carboxylic acids is 1. The van der Waals surface area contributed by atoms with Crippen LogP contribution < -0.4 is 15.7 Å². The third kappa shape index (κ3) is 4.56. The largest absolute Gasteiger partial charge is 0.483 e. The number of aromatic nitrogens is 5. The highest BCUT2D eigenvalue weighted by Crippen LogP contribution is 2.30. The molecule has 1 N–H and O–H groups in total. The van der Waals surface area contributed by atoms with Gasteiger partial charge in [0.2, 0.25) is 0 Å². The molecular formula is C28H21ClN6O4. The number of rotatable bonds is 7. The molecule has 0 bridgehead atoms. The SMILES string of the molecule is COCc1nn2c(nnc3c(=O)n(NC(=O)COc4cccc5ccccc45)ccc32)c1-c1ccc(Cl)cc1. The normalized spacial score (nSPS) is 11.3. The Kier molecular flexibility index (Phi) is 6.39. The lowest BCUT2D eigenvalue weighted by Crippen LogP contribution is -2.35. The number of fused-ring (bicyclic) bond motifs is 4. The Morgan fingerprint density at radius 2 is 1.79 bits per heavy atom. The summed E-state index contributed by atoms with van der Waals surface area (Å²) in [4.78, 5) is 25.9. The second-order valence-electron chi connectivity index (χ2n) is 8.72. The molecule has 0 aliphatic rings. The van der Waals surface area contributed by atoms with Gasteiger partial charge in [0.15, 0.2) is 17.8 Å². The summed E-state index contributed by atoms with van der Waals surface area (Å²) in [6.07, 6.45) is 1.45. The highest BCUT2D eigenvalue weighted by atomic mass is 35.5. The number of benzene rings is 3. The number of methoxy groups -OCH3 is 1. The molecule has 3 aromatic heterocycles. The van der Waals surface area contributed by atoms with Crippen LogP contribution in [0.3, 0.4) is 0 Å². The van der Waals surface area contributed by atoms with Crippen molar-refractivity contribution in [2.75, 3.05) is 19.1 Å². The molecule has 0 saturated carbocycles. The van der Waals surface area contributed by atoms with Gasteiger partial charge in [-0.2, -0.15) is 5.10 Å². The number of ether oxygens (including phenoxy) is 2. The molecule has 39 heavy (non-hydrogen) atoms. The fraction of sp³-hybridized carbons (Fsp3) is 0.107. The van der Waals surface area contributed by atoms with Crippen molar-refractivity contribution in [3.05, 3.63) is 100 Å². The van der Waals surface area contributed by atoms with Crippen LogP contribution in [0, 0.1) is 0 Å². The number of halogens is 1. The van der Waals surface area contributed by atoms with Gasteiger partial charge in [-0.25, -0.2) is 9.19 Å². The first-order chi connectivity index (χ1) is 19.0. The minimum atomic E-state index is -0.558. The molecule has 3 aromatic carbocycles. The molecular weight excluding hydrogens is 520 g/mol. The van der Waals surface area contributed by atoms with Crippen LogP contribution in [0.15, 0.2) is 83.8 Å². The number of amides is 1. The minimum Gasteiger partial charge on any atom is -0.483 e. The number of nitrogens with one attached hydrogen (secondary N) is 1. The topological polar surface area (TPSA) is 113 Å². The first kappa shape index (κ1) is 24.5. The number of pyridine rings is 1. The van der Waals surface area contributed by atoms with E-state index in [1.165, 1.54) is 6.20 Å². The van der Waals surface area contributed by atoms with Gasteiger partial charge >= 0.3 is 0 Å². The van der Waals surface area contributed by atoms with Crippen LogP contribution in [0.5, 0.6) is 5.75 Å². The van der Waals surface area contributed by atoms with Gasteiger partial charge < -0.3 is 9.47 Å². The lowest BCUT2D eigenvalue weighted by molar-refractivity contribution is -0.119. The zero-order valence-electron chi connectivity index (χ0n) is 20.7. The molecule has 10 nitrogen and oxygen atoms in total. The highest BCUT2D eigenvalue weighted by molar-refractivity contribution is 6.30. The van der Waals surface area contributed by atoms with Crippen molar-refractivity contribution in [1.82, 2.24) is 24.5 Å². The summed E-state index contributed by atoms with van der Waals surface area (Å²) in [7, 11) is 1.57. The van der Waals surface area contributed by atoms with Gasteiger partial charge in [-0.1, -0.05) is 60.1 Å². The van der Waals surface area contributed by atoms with E-state index >= 15 is 0 Å². The average Bonchev–Trinajstić information content (AvgIpc) is 3.32. The molecule has 6 aromatic rings. The minimum absolute atomic E-state index is 0.0365. The second-order valence-corrected chi connectivity index (χ2v) is 9.16. The first-order valence-corrected chi connectivity index (χ1v) is 12.4. The third-order valence-electron chi connectivity index (χ3n) is 6.22. The van der Waals surface area contributed by atoms with E-state index in [1.54, 1.807) is 35.9 Å². The number of nitrogens with zero attached hydrogens (tertiary/aromatic N) is 5. The van der Waals surface area contributed by atoms with Gasteiger partial charge in [-0.3, -0.25) is 15.0 Å². The Hall–Kier alpha value is -4.80. The highest BCUT2D eigenvalue weighted by Gasteiger charge is 2.20. The van der Waals surface area contributed by atoms with E-state index in [9.17, 15) is 9.59 Å². The molecule has 1 amide bonds. The molecule has 194 valence electrons. The molecule has 11 heteroatoms. The zero-order chi connectivity index (χ0) is 26.9. The van der Waals surface area contributed by atoms with Crippen molar-refractivity contribution in [3.8, 4) is 16.9 Å². The fourth-order valence-corrected chi connectivity index (χ4v) is 4.59. The van der Waals surface area contributed by atoms with Crippen molar-refractivity contribution in [3.63, 3.8) is 0 Å². The third-order valence-corrected chi connectivity index (χ3v) is 6.47. The van der Waals surface area contributed by atoms with Gasteiger partial charge in [0.1, 0.15) is 11.3 Å². The van der Waals surface area contributed by atoms with Gasteiger partial charge in [-0.15, -0.1) is 10.2 Å². The van der Waals surface area contributed by atoms with E-state index < -0.39 is 11.5 Å². The second kappa shape index (κ2) is 10.2. The summed E-state index contributed by atoms with van der Waals surface area (Å²) in [5.74, 6) is 0.0642. The lowest BCUT2D eigenvalue weighted by atomic mass is 10.1. The van der Waals surface area contributed by atoms with Crippen LogP contribution in [0.25, 0.3) is 38.6 Å². The molecule has 0 atom stereocenters. The molecule has 0 aliphatic heterocycles. The quantitative estimate of drug-likeness (QED) is 0.323. The molecule has 0 aliphatic carbocycles. The lowest BCUT2D eigenvalue weighted by Gasteiger charge is -2.11. The molecule has 0 radical (unpaired) electrons. The summed E-state index contributed by atoms with van der Waals surface area (Å²) >= 11 is 6.06. The predicted octanol–water partition coefficient (Wildman–Crippen LogP) is 4.21. The summed E-state index contributed by atoms with van der Waals surface area (Å²) in [6.45, 7) is -0.0557. The fourth-order valence-electron chi connectivity index (χ4n) is 4.46. The van der Waals surface area contributed by atoms with Gasteiger partial charge in [0.25, 0.3) is 11.5 Å². The van der Waals surface area contributed by atoms with E-state index in [-0.39, 0.29) is 18.7 Å². The van der Waals surface area contributed by atoms with E-state index in [0.29, 0.717) is 27.6 Å². The number of hydrogen-bond donors (Lipinski definition) is 1. The van der Waals surface area contributed by atoms with Gasteiger partial charge in [0.05, 0.1) is 17.9 Å². The smallest absolute Gasteiger partial charge is 0.299 e. The number of hydrogen-bond acceptors (Lipinski definition) is 7. The molecule has 0 unspecified atom stereocenters. The predicted molar refractivity (Wildman–Crippen MR) is 148 cm³/mol. The summed E-state index contributed by atoms with van der Waals surface area (Å²) in [6, 6.07) is 22.2. The average molecular weight is 541 g/mol. The van der Waals surface area contributed by atoms with Crippen molar-refractivity contribution >= 4 is 45.0 Å². The van der Waals surface area contributed by atoms with Crippen LogP contribution >= 0.6 is 11.6 Å². The Morgan fingerprint density at radius 3 is 2.62 bits per heavy atom. The van der Waals surface area contributed by atoms with Crippen molar-refractivity contribution < 1.29 is 14.3 Å². The van der Waals surface area contributed by atoms with E-state index in [4.69, 9.17) is 21.1 Å². The molecule has 0 spiro atoms. The maximum absolute atomic E-state index is 13.2. The molecule has 0 fully saturated rings. The first-order valence-electron chi connectivity index (χ1n) is 12.0. The number of carbonyl (C=O) groups is 1. The van der Waals surface area contributed by atoms with Crippen LogP contribution in [0.4, 0.5) is 0 Å². The summed E-state index contributed by atoms with van der Waals surface area (Å²) < 4.78 is 13.7. The van der Waals surface area contributed by atoms with E-state index in [2.05, 4.69) is 20.7 Å². The van der Waals surface area contributed by atoms with E-state index in [1.807, 2.05) is 48.5 Å². The van der Waals surface area contributed by atoms with Crippen LogP contribution in [-0.4, -0.2) is 44.1 Å². The van der Waals surface area contributed by atoms with Crippen molar-refractivity contribution in [2.45, 2.75) is 6.61 Å². The molecule has 6 rings (SSSR count). The van der Waals surface area contributed by atoms with Crippen molar-refractivity contribution in [1.29, 1.82) is 0 Å². The molecule has 0 saturated heterocycles. The van der Waals surface area contributed by atoms with E-state index in [0.717, 1.165) is 26.6 Å². The van der Waals surface area contributed by atoms with Crippen LogP contribution in [-0.2, 0) is 16.1 Å². The molecule has 3 heterocycles. The Morgan fingerprint density at radius 1 is 1.00 bits per heavy atom. The standard InChI is InChI=1S/C28H21ClN6O4/c1-38-15-21-25(18-9-11-19(29)12-10-18)27-31-30-26-22(35(27)32-21)13-14-34(28(26)37)33-24(36)16-39-23-8-4-6-17-5-2-3-7-20(17)23/h2-14H,15-16H2,1H3,(H,33,36). The Bertz CT molecular complexity index is 1910. The van der Waals surface area contributed by atoms with Crippen LogP contribution in [0.2, 0.25) is 5.02 Å². The maximum atomic E-state index is 13.2. The zero-order valence-corrected chi connectivity index (χ0v) is 21.4. The Balaban J connectivity index is 1.30. The summed E-state index contributed by atoms with van der Waals surface area (Å²) in [5.41, 5.74) is 5.11. The van der Waals surface area contributed by atoms with Crippen molar-refractivity contribution in [2.24, 2.45) is 0 Å². The maximum Gasteiger partial charge on any atom is 0.299 e. The summed E-state index contributed by atoms with van der Waals surface area (Å²) in [5, 5.41) is 15.6. The van der Waals surface area contributed by atoms with Crippen LogP contribution in [0.1, 0.15) is 5.69 Å².